The lowest BCUT2D eigenvalue weighted by atomic mass is 10.0. The summed E-state index contributed by atoms with van der Waals surface area (Å²) in [4.78, 5) is 23.1. The highest BCUT2D eigenvalue weighted by molar-refractivity contribution is 6.80. The summed E-state index contributed by atoms with van der Waals surface area (Å²) in [5, 5.41) is 0.109. The Hall–Kier alpha value is -0.843. The molecule has 0 aromatic carbocycles. The van der Waals surface area contributed by atoms with Crippen molar-refractivity contribution < 1.29 is 14.3 Å². The van der Waals surface area contributed by atoms with Crippen LogP contribution in [0.4, 0.5) is 0 Å². The fourth-order valence-electron chi connectivity index (χ4n) is 2.05. The van der Waals surface area contributed by atoms with Crippen molar-refractivity contribution in [2.24, 2.45) is 0 Å². The van der Waals surface area contributed by atoms with Gasteiger partial charge in [0.25, 0.3) is 0 Å². The molecule has 1 fully saturated rings. The van der Waals surface area contributed by atoms with E-state index in [1.807, 2.05) is 4.57 Å². The van der Waals surface area contributed by atoms with Gasteiger partial charge in [-0.15, -0.1) is 0 Å². The number of hydrogen-bond acceptors (Lipinski definition) is 3. The van der Waals surface area contributed by atoms with Crippen molar-refractivity contribution in [1.29, 1.82) is 0 Å². The van der Waals surface area contributed by atoms with E-state index in [4.69, 9.17) is 0 Å². The van der Waals surface area contributed by atoms with Crippen LogP contribution in [-0.4, -0.2) is 37.8 Å². The van der Waals surface area contributed by atoms with E-state index in [0.717, 1.165) is 0 Å². The second-order valence-electron chi connectivity index (χ2n) is 6.21. The number of β-lactam (4-membered cyclic amide) rings is 1. The van der Waals surface area contributed by atoms with Gasteiger partial charge in [-0.05, 0) is 5.04 Å². The van der Waals surface area contributed by atoms with Crippen molar-refractivity contribution >= 4 is 20.1 Å². The van der Waals surface area contributed by atoms with Crippen LogP contribution >= 0.6 is 0 Å². The first kappa shape index (κ1) is 14.2. The summed E-state index contributed by atoms with van der Waals surface area (Å²) < 4.78 is 6.65. The number of nitrogens with zero attached hydrogens (tertiary/aromatic N) is 1. The summed E-state index contributed by atoms with van der Waals surface area (Å²) in [6, 6.07) is 0.0517. The smallest absolute Gasteiger partial charge is 0.307 e. The van der Waals surface area contributed by atoms with Gasteiger partial charge in [-0.1, -0.05) is 33.9 Å². The highest BCUT2D eigenvalue weighted by atomic mass is 28.3. The number of amides is 1. The van der Waals surface area contributed by atoms with E-state index in [2.05, 4.69) is 38.6 Å². The van der Waals surface area contributed by atoms with Gasteiger partial charge in [0.1, 0.15) is 0 Å². The molecule has 1 aliphatic heterocycles. The molecule has 1 saturated heterocycles. The fourth-order valence-corrected chi connectivity index (χ4v) is 4.58. The predicted molar refractivity (Wildman–Crippen MR) is 69.1 cm³/mol. The Bertz CT molecular complexity index is 333. The summed E-state index contributed by atoms with van der Waals surface area (Å²) >= 11 is 0. The lowest BCUT2D eigenvalue weighted by molar-refractivity contribution is -0.147. The molecular formula is C12H23NO3Si. The van der Waals surface area contributed by atoms with Gasteiger partial charge in [0, 0.05) is 12.5 Å². The van der Waals surface area contributed by atoms with Gasteiger partial charge in [0.2, 0.25) is 5.91 Å². The van der Waals surface area contributed by atoms with Crippen LogP contribution in [-0.2, 0) is 14.3 Å². The lowest BCUT2D eigenvalue weighted by Gasteiger charge is -2.54. The quantitative estimate of drug-likeness (QED) is 0.442. The second kappa shape index (κ2) is 4.44. The molecule has 1 amide bonds. The minimum atomic E-state index is -1.85. The van der Waals surface area contributed by atoms with E-state index >= 15 is 0 Å². The molecule has 0 N–H and O–H groups in total. The largest absolute Gasteiger partial charge is 0.469 e. The molecule has 0 saturated carbocycles. The zero-order valence-corrected chi connectivity index (χ0v) is 12.7. The maximum absolute atomic E-state index is 11.8. The van der Waals surface area contributed by atoms with Gasteiger partial charge in [-0.25, -0.2) is 0 Å². The number of hydrogen-bond donors (Lipinski definition) is 0. The summed E-state index contributed by atoms with van der Waals surface area (Å²) in [6.07, 6.45) is 0.816. The number of ether oxygens (including phenoxy) is 1. The number of methoxy groups -OCH3 is 1. The maximum atomic E-state index is 11.8. The minimum Gasteiger partial charge on any atom is -0.469 e. The Morgan fingerprint density at radius 3 is 2.35 bits per heavy atom. The molecule has 1 heterocycles. The molecule has 0 aromatic heterocycles. The molecule has 0 spiro atoms. The first-order valence-corrected chi connectivity index (χ1v) is 8.95. The van der Waals surface area contributed by atoms with Crippen LogP contribution in [0.15, 0.2) is 0 Å². The molecule has 1 atom stereocenters. The van der Waals surface area contributed by atoms with E-state index in [0.29, 0.717) is 12.8 Å². The minimum absolute atomic E-state index is 0.0517. The zero-order chi connectivity index (χ0) is 13.4. The van der Waals surface area contributed by atoms with Crippen LogP contribution in [0.5, 0.6) is 0 Å². The van der Waals surface area contributed by atoms with Gasteiger partial charge < -0.3 is 9.30 Å². The highest BCUT2D eigenvalue weighted by Crippen LogP contribution is 2.43. The Morgan fingerprint density at radius 1 is 1.47 bits per heavy atom. The molecule has 1 rings (SSSR count). The fraction of sp³-hybridized carbons (Fsp3) is 0.833. The standard InChI is InChI=1S/C12H23NO3Si/c1-12(2,3)17(5,6)13-9(7-10(13)14)8-11(15)16-4/h9H,7-8H2,1-6H3/t9-/m0/s1. The average Bonchev–Trinajstić information content (AvgIpc) is 2.13. The normalized spacial score (nSPS) is 21.2. The van der Waals surface area contributed by atoms with E-state index < -0.39 is 8.24 Å². The predicted octanol–water partition coefficient (Wildman–Crippen LogP) is 2.16. The molecule has 1 aliphatic rings. The van der Waals surface area contributed by atoms with Crippen LogP contribution < -0.4 is 0 Å². The summed E-state index contributed by atoms with van der Waals surface area (Å²) in [5.74, 6) is -0.0447. The molecule has 0 aromatic rings. The van der Waals surface area contributed by atoms with Crippen molar-refractivity contribution in [2.45, 2.75) is 57.8 Å². The van der Waals surface area contributed by atoms with Crippen molar-refractivity contribution in [1.82, 2.24) is 4.57 Å². The molecule has 0 radical (unpaired) electrons. The Labute approximate surface area is 104 Å². The van der Waals surface area contributed by atoms with Gasteiger partial charge in [0.05, 0.1) is 13.5 Å². The Morgan fingerprint density at radius 2 is 2.00 bits per heavy atom. The van der Waals surface area contributed by atoms with Gasteiger partial charge >= 0.3 is 5.97 Å². The third kappa shape index (κ3) is 2.54. The Kier molecular flexibility index (Phi) is 3.71. The van der Waals surface area contributed by atoms with E-state index in [-0.39, 0.29) is 23.0 Å². The molecule has 0 bridgehead atoms. The third-order valence-electron chi connectivity index (χ3n) is 4.11. The van der Waals surface area contributed by atoms with E-state index in [9.17, 15) is 9.59 Å². The zero-order valence-electron chi connectivity index (χ0n) is 11.7. The monoisotopic (exact) mass is 257 g/mol. The average molecular weight is 257 g/mol. The number of carbonyl (C=O) groups is 2. The van der Waals surface area contributed by atoms with Gasteiger partial charge in [0.15, 0.2) is 8.24 Å². The van der Waals surface area contributed by atoms with E-state index in [1.165, 1.54) is 7.11 Å². The summed E-state index contributed by atoms with van der Waals surface area (Å²) in [7, 11) is -0.463. The highest BCUT2D eigenvalue weighted by Gasteiger charge is 2.52. The molecule has 0 unspecified atom stereocenters. The second-order valence-corrected chi connectivity index (χ2v) is 11.3. The topological polar surface area (TPSA) is 46.6 Å². The molecule has 0 aliphatic carbocycles. The van der Waals surface area contributed by atoms with Crippen LogP contribution in [0.25, 0.3) is 0 Å². The summed E-state index contributed by atoms with van der Waals surface area (Å²) in [6.45, 7) is 10.9. The first-order chi connectivity index (χ1) is 7.61. The van der Waals surface area contributed by atoms with Crippen molar-refractivity contribution in [2.75, 3.05) is 7.11 Å². The number of rotatable bonds is 3. The van der Waals surface area contributed by atoms with Gasteiger partial charge in [-0.3, -0.25) is 9.59 Å². The third-order valence-corrected chi connectivity index (χ3v) is 9.60. The van der Waals surface area contributed by atoms with E-state index in [1.54, 1.807) is 0 Å². The van der Waals surface area contributed by atoms with Crippen LogP contribution in [0.2, 0.25) is 18.1 Å². The molecular weight excluding hydrogens is 234 g/mol. The van der Waals surface area contributed by atoms with Crippen LogP contribution in [0.1, 0.15) is 33.6 Å². The lowest BCUT2D eigenvalue weighted by Crippen LogP contribution is -2.68. The van der Waals surface area contributed by atoms with Gasteiger partial charge in [-0.2, -0.15) is 0 Å². The maximum Gasteiger partial charge on any atom is 0.307 e. The molecule has 4 nitrogen and oxygen atoms in total. The number of esters is 1. The summed E-state index contributed by atoms with van der Waals surface area (Å²) in [5.41, 5.74) is 0. The van der Waals surface area contributed by atoms with Crippen molar-refractivity contribution in [3.05, 3.63) is 0 Å². The molecule has 5 heteroatoms. The van der Waals surface area contributed by atoms with Crippen LogP contribution in [0, 0.1) is 0 Å². The molecule has 98 valence electrons. The number of carbonyl (C=O) groups excluding carboxylic acids is 2. The molecule has 17 heavy (non-hydrogen) atoms. The van der Waals surface area contributed by atoms with Crippen molar-refractivity contribution in [3.63, 3.8) is 0 Å². The SMILES string of the molecule is COC(=O)C[C@@H]1CC(=O)N1[Si](C)(C)C(C)(C)C. The first-order valence-electron chi connectivity index (χ1n) is 6.00. The Balaban J connectivity index is 2.81. The van der Waals surface area contributed by atoms with Crippen molar-refractivity contribution in [3.8, 4) is 0 Å². The van der Waals surface area contributed by atoms with Crippen LogP contribution in [0.3, 0.4) is 0 Å².